The highest BCUT2D eigenvalue weighted by Crippen LogP contribution is 2.29. The summed E-state index contributed by atoms with van der Waals surface area (Å²) in [6.45, 7) is 0.374. The number of carbonyl (C=O) groups excluding carboxylic acids is 2. The van der Waals surface area contributed by atoms with E-state index in [-0.39, 0.29) is 17.9 Å². The van der Waals surface area contributed by atoms with Gasteiger partial charge in [0.2, 0.25) is 0 Å². The summed E-state index contributed by atoms with van der Waals surface area (Å²) in [4.78, 5) is 22.7. The largest absolute Gasteiger partial charge is 0.396 e. The third kappa shape index (κ3) is 122. The van der Waals surface area contributed by atoms with E-state index in [0.29, 0.717) is 13.0 Å². The lowest BCUT2D eigenvalue weighted by Crippen LogP contribution is -2.06. The topological polar surface area (TPSA) is 63.6 Å². The first kappa shape index (κ1) is 136. The Morgan fingerprint density at radius 1 is 0.122 bits per heavy atom. The van der Waals surface area contributed by atoms with Crippen molar-refractivity contribution in [3.8, 4) is 0 Å². The van der Waals surface area contributed by atoms with Crippen LogP contribution in [0.3, 0.4) is 0 Å². The van der Waals surface area contributed by atoms with Gasteiger partial charge in [0, 0.05) is 6.61 Å². The fraction of sp³-hybridized carbons (Fsp3) is 0.985. The minimum absolute atomic E-state index is 0.160. The fourth-order valence-corrected chi connectivity index (χ4v) is 23.7. The molecule has 0 amide bonds. The molecule has 1 unspecified atom stereocenters. The summed E-state index contributed by atoms with van der Waals surface area (Å²) < 4.78 is 4.65. The minimum atomic E-state index is -0.334. The molecule has 1 rings (SSSR count). The number of rotatable bonds is 131. The molecule has 0 aromatic rings. The van der Waals surface area contributed by atoms with Crippen LogP contribution in [0.5, 0.6) is 0 Å². The van der Waals surface area contributed by atoms with E-state index in [1.165, 1.54) is 815 Å². The molecule has 1 fully saturated rings. The summed E-state index contributed by atoms with van der Waals surface area (Å²) in [6, 6.07) is 0. The lowest BCUT2D eigenvalue weighted by atomic mass is 9.98. The van der Waals surface area contributed by atoms with Crippen molar-refractivity contribution < 1.29 is 19.4 Å². The van der Waals surface area contributed by atoms with Gasteiger partial charge < -0.3 is 9.84 Å². The Labute approximate surface area is 879 Å². The molecular weight excluding hydrogens is 1690 g/mol. The van der Waals surface area contributed by atoms with E-state index >= 15 is 0 Å². The zero-order valence-electron chi connectivity index (χ0n) is 96.6. The number of hydrogen-bond donors (Lipinski definition) is 1. The van der Waals surface area contributed by atoms with Gasteiger partial charge in [-0.3, -0.25) is 9.59 Å². The Kier molecular flexibility index (Phi) is 125. The van der Waals surface area contributed by atoms with Crippen molar-refractivity contribution in [3.05, 3.63) is 0 Å². The van der Waals surface area contributed by atoms with Gasteiger partial charge >= 0.3 is 11.9 Å². The standard InChI is InChI=1S/C135H266O4/c136-131-129-127-125-123-121-119-117-115-113-111-109-107-105-103-101-99-97-95-93-91-89-87-85-83-81-79-77-75-73-71-69-67-65-63-61-59-57-55-53-51-49-47-45-43-41-39-37-35-33-31-29-27-25-23-21-19-17-15-13-11-9-7-5-3-1-2-4-6-8-10-12-14-16-18-20-22-24-26-28-30-32-34-36-38-40-42-44-46-48-50-52-54-56-58-60-62-64-66-68-70-72-74-76-78-80-82-84-86-88-90-92-94-96-98-100-102-104-106-108-110-112-114-116-118-120-122-124-126-128-130-133-132-134(137)139-135(133)138/h133,136H,1-132H2. The van der Waals surface area contributed by atoms with Crippen molar-refractivity contribution in [1.82, 2.24) is 0 Å². The van der Waals surface area contributed by atoms with E-state index in [9.17, 15) is 9.59 Å². The minimum Gasteiger partial charge on any atom is -0.396 e. The molecule has 1 aliphatic heterocycles. The van der Waals surface area contributed by atoms with Crippen molar-refractivity contribution in [2.75, 3.05) is 6.61 Å². The van der Waals surface area contributed by atoms with Gasteiger partial charge in [0.05, 0.1) is 12.3 Å². The number of aliphatic hydroxyl groups is 1. The first-order valence-electron chi connectivity index (χ1n) is 67.6. The molecule has 1 saturated heterocycles. The molecule has 4 heteroatoms. The predicted molar refractivity (Wildman–Crippen MR) is 627 cm³/mol. The Hall–Kier alpha value is -0.900. The maximum atomic E-state index is 11.5. The van der Waals surface area contributed by atoms with Gasteiger partial charge in [-0.15, -0.1) is 0 Å². The average molecular weight is 1950 g/mol. The van der Waals surface area contributed by atoms with E-state index in [1.807, 2.05) is 0 Å². The molecule has 4 nitrogen and oxygen atoms in total. The third-order valence-electron chi connectivity index (χ3n) is 33.7. The molecular formula is C135H266O4. The van der Waals surface area contributed by atoms with Gasteiger partial charge in [-0.1, -0.05) is 822 Å². The second-order valence-electron chi connectivity index (χ2n) is 47.8. The maximum absolute atomic E-state index is 11.5. The van der Waals surface area contributed by atoms with Crippen molar-refractivity contribution in [2.45, 2.75) is 841 Å². The Bertz CT molecular complexity index is 1990. The fourth-order valence-electron chi connectivity index (χ4n) is 23.7. The zero-order chi connectivity index (χ0) is 98.8. The first-order chi connectivity index (χ1) is 69.2. The van der Waals surface area contributed by atoms with Crippen LogP contribution in [0.15, 0.2) is 0 Å². The summed E-state index contributed by atoms with van der Waals surface area (Å²) in [5.74, 6) is -0.786. The molecule has 830 valence electrons. The van der Waals surface area contributed by atoms with E-state index in [4.69, 9.17) is 5.11 Å². The number of cyclic esters (lactones) is 2. The molecule has 0 bridgehead atoms. The Morgan fingerprint density at radius 2 is 0.194 bits per heavy atom. The molecule has 0 saturated carbocycles. The van der Waals surface area contributed by atoms with Crippen LogP contribution in [-0.2, 0) is 14.3 Å². The smallest absolute Gasteiger partial charge is 0.317 e. The second-order valence-corrected chi connectivity index (χ2v) is 47.8. The molecule has 1 aliphatic rings. The van der Waals surface area contributed by atoms with Crippen LogP contribution in [0.25, 0.3) is 0 Å². The number of carbonyl (C=O) groups is 2. The molecule has 0 radical (unpaired) electrons. The second kappa shape index (κ2) is 128. The maximum Gasteiger partial charge on any atom is 0.317 e. The van der Waals surface area contributed by atoms with Crippen LogP contribution < -0.4 is 0 Å². The zero-order valence-corrected chi connectivity index (χ0v) is 96.6. The van der Waals surface area contributed by atoms with Crippen LogP contribution >= 0.6 is 0 Å². The summed E-state index contributed by atoms with van der Waals surface area (Å²) in [6.07, 6.45) is 190. The van der Waals surface area contributed by atoms with Gasteiger partial charge in [0.1, 0.15) is 0 Å². The molecule has 0 spiro atoms. The van der Waals surface area contributed by atoms with Gasteiger partial charge in [-0.05, 0) is 12.8 Å². The molecule has 0 aromatic heterocycles. The van der Waals surface area contributed by atoms with E-state index in [0.717, 1.165) is 19.3 Å². The lowest BCUT2D eigenvalue weighted by molar-refractivity contribution is -0.153. The quantitative estimate of drug-likeness (QED) is 0.0374. The predicted octanol–water partition coefficient (Wildman–Crippen LogP) is 49.8. The number of aliphatic hydroxyl groups excluding tert-OH is 1. The molecule has 0 aliphatic carbocycles. The molecule has 1 atom stereocenters. The molecule has 139 heavy (non-hydrogen) atoms. The van der Waals surface area contributed by atoms with Crippen molar-refractivity contribution in [2.24, 2.45) is 5.92 Å². The Morgan fingerprint density at radius 3 is 0.259 bits per heavy atom. The Balaban J connectivity index is 1.58. The van der Waals surface area contributed by atoms with Crippen LogP contribution in [0.2, 0.25) is 0 Å². The summed E-state index contributed by atoms with van der Waals surface area (Å²) in [5.41, 5.74) is 0. The highest BCUT2D eigenvalue weighted by Gasteiger charge is 2.32. The summed E-state index contributed by atoms with van der Waals surface area (Å²) >= 11 is 0. The summed E-state index contributed by atoms with van der Waals surface area (Å²) in [7, 11) is 0. The third-order valence-corrected chi connectivity index (χ3v) is 33.7. The SMILES string of the molecule is O=C1CC(CCCCCCCCCCCCCCCCCCCCCCCCCCCCCCCCCCCCCCCCCCCCCCCCCCCCCCCCCCCCCCCCCCCCCCCCCCCCCCCCCCCCCCCCCCCCCCCCCCCCCCCCCCCCCCCCCCCCCCCCCCCCCCCCCCCO)C(=O)O1. The van der Waals surface area contributed by atoms with Crippen molar-refractivity contribution in [1.29, 1.82) is 0 Å². The monoisotopic (exact) mass is 1950 g/mol. The normalized spacial score (nSPS) is 12.9. The highest BCUT2D eigenvalue weighted by atomic mass is 16.6. The first-order valence-corrected chi connectivity index (χ1v) is 67.6. The van der Waals surface area contributed by atoms with Gasteiger partial charge in [0.25, 0.3) is 0 Å². The lowest BCUT2D eigenvalue weighted by Gasteiger charge is -2.05. The number of ether oxygens (including phenoxy) is 1. The van der Waals surface area contributed by atoms with Crippen molar-refractivity contribution in [3.63, 3.8) is 0 Å². The molecule has 0 aromatic carbocycles. The van der Waals surface area contributed by atoms with Crippen molar-refractivity contribution >= 4 is 11.9 Å². The van der Waals surface area contributed by atoms with Gasteiger partial charge in [0.15, 0.2) is 0 Å². The number of hydrogen-bond acceptors (Lipinski definition) is 4. The molecule has 1 heterocycles. The number of esters is 2. The van der Waals surface area contributed by atoms with Crippen LogP contribution in [-0.4, -0.2) is 23.7 Å². The van der Waals surface area contributed by atoms with Gasteiger partial charge in [-0.25, -0.2) is 0 Å². The van der Waals surface area contributed by atoms with Crippen LogP contribution in [0.4, 0.5) is 0 Å². The van der Waals surface area contributed by atoms with Crippen LogP contribution in [0, 0.1) is 5.92 Å². The number of unbranched alkanes of at least 4 members (excludes halogenated alkanes) is 128. The van der Waals surface area contributed by atoms with Crippen LogP contribution in [0.1, 0.15) is 841 Å². The van der Waals surface area contributed by atoms with E-state index in [2.05, 4.69) is 4.74 Å². The summed E-state index contributed by atoms with van der Waals surface area (Å²) in [5, 5.41) is 8.87. The van der Waals surface area contributed by atoms with E-state index < -0.39 is 0 Å². The van der Waals surface area contributed by atoms with E-state index in [1.54, 1.807) is 0 Å². The highest BCUT2D eigenvalue weighted by molar-refractivity contribution is 5.94. The average Bonchev–Trinajstić information content (AvgIpc) is 1.75. The molecule has 1 N–H and O–H groups in total. The van der Waals surface area contributed by atoms with Gasteiger partial charge in [-0.2, -0.15) is 0 Å².